The number of carbonyl (C=O) groups is 1. The molecule has 1 nitrogen and oxygen atoms in total. The van der Waals surface area contributed by atoms with Gasteiger partial charge in [-0.2, -0.15) is 0 Å². The lowest BCUT2D eigenvalue weighted by Crippen LogP contribution is -2.02. The van der Waals surface area contributed by atoms with Gasteiger partial charge in [0.1, 0.15) is 0 Å². The zero-order chi connectivity index (χ0) is 12.1. The molecule has 86 valence electrons. The summed E-state index contributed by atoms with van der Waals surface area (Å²) in [4.78, 5) is 11.5. The second-order valence-corrected chi connectivity index (χ2v) is 4.39. The highest BCUT2D eigenvalue weighted by molar-refractivity contribution is 5.95. The number of benzene rings is 1. The molecule has 1 heteroatoms. The SMILES string of the molecule is CCc1c(C)cccc1C=CC(=O)C(C)C. The van der Waals surface area contributed by atoms with Crippen molar-refractivity contribution >= 4 is 11.9 Å². The van der Waals surface area contributed by atoms with E-state index in [0.29, 0.717) is 0 Å². The van der Waals surface area contributed by atoms with Crippen molar-refractivity contribution in [2.24, 2.45) is 5.92 Å². The van der Waals surface area contributed by atoms with Gasteiger partial charge in [-0.05, 0) is 36.1 Å². The Labute approximate surface area is 98.2 Å². The van der Waals surface area contributed by atoms with E-state index in [1.807, 2.05) is 26.0 Å². The largest absolute Gasteiger partial charge is 0.295 e. The number of hydrogen-bond acceptors (Lipinski definition) is 1. The Bertz CT molecular complexity index is 400. The number of rotatable bonds is 4. The monoisotopic (exact) mass is 216 g/mol. The van der Waals surface area contributed by atoms with Crippen LogP contribution in [0.4, 0.5) is 0 Å². The van der Waals surface area contributed by atoms with Crippen molar-refractivity contribution in [3.05, 3.63) is 41.0 Å². The van der Waals surface area contributed by atoms with E-state index in [0.717, 1.165) is 12.0 Å². The first kappa shape index (κ1) is 12.7. The highest BCUT2D eigenvalue weighted by Crippen LogP contribution is 2.16. The Kier molecular flexibility index (Phi) is 4.48. The Morgan fingerprint density at radius 2 is 2.06 bits per heavy atom. The minimum absolute atomic E-state index is 0.0751. The van der Waals surface area contributed by atoms with Gasteiger partial charge in [0.2, 0.25) is 0 Å². The van der Waals surface area contributed by atoms with E-state index < -0.39 is 0 Å². The summed E-state index contributed by atoms with van der Waals surface area (Å²) in [5, 5.41) is 0. The summed E-state index contributed by atoms with van der Waals surface area (Å²) in [6.45, 7) is 8.09. The van der Waals surface area contributed by atoms with Crippen molar-refractivity contribution in [2.75, 3.05) is 0 Å². The van der Waals surface area contributed by atoms with Crippen LogP contribution in [0.5, 0.6) is 0 Å². The third-order valence-corrected chi connectivity index (χ3v) is 2.80. The molecule has 0 aliphatic heterocycles. The highest BCUT2D eigenvalue weighted by atomic mass is 16.1. The molecule has 0 spiro atoms. The molecule has 0 fully saturated rings. The maximum Gasteiger partial charge on any atom is 0.158 e. The summed E-state index contributed by atoms with van der Waals surface area (Å²) in [5.41, 5.74) is 3.79. The quantitative estimate of drug-likeness (QED) is 0.700. The van der Waals surface area contributed by atoms with Crippen LogP contribution < -0.4 is 0 Å². The number of hydrogen-bond donors (Lipinski definition) is 0. The molecule has 16 heavy (non-hydrogen) atoms. The van der Waals surface area contributed by atoms with Crippen LogP contribution in [0.2, 0.25) is 0 Å². The van der Waals surface area contributed by atoms with Gasteiger partial charge in [-0.25, -0.2) is 0 Å². The fourth-order valence-corrected chi connectivity index (χ4v) is 1.73. The van der Waals surface area contributed by atoms with Crippen LogP contribution in [0.3, 0.4) is 0 Å². The van der Waals surface area contributed by atoms with Crippen LogP contribution in [-0.4, -0.2) is 5.78 Å². The summed E-state index contributed by atoms with van der Waals surface area (Å²) in [6.07, 6.45) is 4.63. The second-order valence-electron chi connectivity index (χ2n) is 4.39. The zero-order valence-electron chi connectivity index (χ0n) is 10.6. The van der Waals surface area contributed by atoms with Gasteiger partial charge in [0.25, 0.3) is 0 Å². The first-order valence-electron chi connectivity index (χ1n) is 5.86. The molecule has 0 radical (unpaired) electrons. The lowest BCUT2D eigenvalue weighted by molar-refractivity contribution is -0.117. The van der Waals surface area contributed by atoms with E-state index in [2.05, 4.69) is 26.0 Å². The molecule has 0 aromatic heterocycles. The fourth-order valence-electron chi connectivity index (χ4n) is 1.73. The average molecular weight is 216 g/mol. The third kappa shape index (κ3) is 3.06. The molecule has 0 atom stereocenters. The van der Waals surface area contributed by atoms with E-state index in [-0.39, 0.29) is 11.7 Å². The average Bonchev–Trinajstić information content (AvgIpc) is 2.25. The maximum atomic E-state index is 11.5. The molecule has 0 bridgehead atoms. The number of aryl methyl sites for hydroxylation is 1. The number of carbonyl (C=O) groups excluding carboxylic acids is 1. The Morgan fingerprint density at radius 1 is 1.38 bits per heavy atom. The summed E-state index contributed by atoms with van der Waals surface area (Å²) in [6, 6.07) is 6.21. The van der Waals surface area contributed by atoms with Crippen LogP contribution in [-0.2, 0) is 11.2 Å². The van der Waals surface area contributed by atoms with Gasteiger partial charge >= 0.3 is 0 Å². The van der Waals surface area contributed by atoms with Crippen molar-refractivity contribution < 1.29 is 4.79 Å². The van der Waals surface area contributed by atoms with Gasteiger partial charge in [0, 0.05) is 5.92 Å². The predicted octanol–water partition coefficient (Wildman–Crippen LogP) is 3.80. The van der Waals surface area contributed by atoms with E-state index >= 15 is 0 Å². The molecule has 0 saturated carbocycles. The highest BCUT2D eigenvalue weighted by Gasteiger charge is 2.04. The van der Waals surface area contributed by atoms with Crippen LogP contribution in [0, 0.1) is 12.8 Å². The third-order valence-electron chi connectivity index (χ3n) is 2.80. The van der Waals surface area contributed by atoms with Gasteiger partial charge in [-0.1, -0.05) is 45.0 Å². The smallest absolute Gasteiger partial charge is 0.158 e. The standard InChI is InChI=1S/C15H20O/c1-5-14-12(4)7-6-8-13(14)9-10-15(16)11(2)3/h6-11H,5H2,1-4H3. The van der Waals surface area contributed by atoms with Crippen molar-refractivity contribution in [3.8, 4) is 0 Å². The first-order valence-corrected chi connectivity index (χ1v) is 5.86. The minimum atomic E-state index is 0.0751. The van der Waals surface area contributed by atoms with Gasteiger partial charge in [0.15, 0.2) is 5.78 Å². The zero-order valence-corrected chi connectivity index (χ0v) is 10.6. The Balaban J connectivity index is 2.97. The minimum Gasteiger partial charge on any atom is -0.295 e. The molecule has 1 rings (SSSR count). The molecule has 0 heterocycles. The van der Waals surface area contributed by atoms with Gasteiger partial charge in [-0.15, -0.1) is 0 Å². The number of ketones is 1. The molecular weight excluding hydrogens is 196 g/mol. The molecule has 0 unspecified atom stereocenters. The molecule has 1 aromatic rings. The van der Waals surface area contributed by atoms with Crippen molar-refractivity contribution in [1.29, 1.82) is 0 Å². The summed E-state index contributed by atoms with van der Waals surface area (Å²) < 4.78 is 0. The second kappa shape index (κ2) is 5.64. The van der Waals surface area contributed by atoms with Crippen LogP contribution >= 0.6 is 0 Å². The van der Waals surface area contributed by atoms with Crippen molar-refractivity contribution in [1.82, 2.24) is 0 Å². The summed E-state index contributed by atoms with van der Waals surface area (Å²) in [7, 11) is 0. The predicted molar refractivity (Wildman–Crippen MR) is 69.4 cm³/mol. The summed E-state index contributed by atoms with van der Waals surface area (Å²) in [5.74, 6) is 0.259. The number of allylic oxidation sites excluding steroid dienone is 1. The van der Waals surface area contributed by atoms with Gasteiger partial charge in [-0.3, -0.25) is 4.79 Å². The molecule has 0 amide bonds. The van der Waals surface area contributed by atoms with E-state index in [4.69, 9.17) is 0 Å². The van der Waals surface area contributed by atoms with Crippen molar-refractivity contribution in [2.45, 2.75) is 34.1 Å². The molecule has 0 aliphatic carbocycles. The molecule has 0 aliphatic rings. The molecule has 0 saturated heterocycles. The van der Waals surface area contributed by atoms with E-state index in [1.54, 1.807) is 6.08 Å². The lowest BCUT2D eigenvalue weighted by atomic mass is 9.98. The van der Waals surface area contributed by atoms with Crippen molar-refractivity contribution in [3.63, 3.8) is 0 Å². The molecule has 1 aromatic carbocycles. The molecule has 0 N–H and O–H groups in total. The normalized spacial score (nSPS) is 11.3. The van der Waals surface area contributed by atoms with E-state index in [9.17, 15) is 4.79 Å². The lowest BCUT2D eigenvalue weighted by Gasteiger charge is -2.07. The Morgan fingerprint density at radius 3 is 2.62 bits per heavy atom. The maximum absolute atomic E-state index is 11.5. The topological polar surface area (TPSA) is 17.1 Å². The van der Waals surface area contributed by atoms with Gasteiger partial charge < -0.3 is 0 Å². The van der Waals surface area contributed by atoms with Gasteiger partial charge in [0.05, 0.1) is 0 Å². The van der Waals surface area contributed by atoms with E-state index in [1.165, 1.54) is 11.1 Å². The Hall–Kier alpha value is -1.37. The summed E-state index contributed by atoms with van der Waals surface area (Å²) >= 11 is 0. The van der Waals surface area contributed by atoms with Crippen LogP contribution in [0.25, 0.3) is 6.08 Å². The molecular formula is C15H20O. The van der Waals surface area contributed by atoms with Crippen LogP contribution in [0.15, 0.2) is 24.3 Å². The van der Waals surface area contributed by atoms with Crippen LogP contribution in [0.1, 0.15) is 37.5 Å². The fraction of sp³-hybridized carbons (Fsp3) is 0.400. The first-order chi connectivity index (χ1) is 7.56.